The molecule has 2 N–H and O–H groups in total. The molecule has 0 aliphatic rings. The van der Waals surface area contributed by atoms with Gasteiger partial charge >= 0.3 is 0 Å². The third kappa shape index (κ3) is 3.09. The Kier molecular flexibility index (Phi) is 4.05. The van der Waals surface area contributed by atoms with Crippen LogP contribution in [0.25, 0.3) is 0 Å². The van der Waals surface area contributed by atoms with Gasteiger partial charge in [0, 0.05) is 23.0 Å². The Hall–Kier alpha value is -0.920. The Morgan fingerprint density at radius 1 is 1.50 bits per heavy atom. The minimum absolute atomic E-state index is 0.0906. The van der Waals surface area contributed by atoms with Crippen molar-refractivity contribution < 1.29 is 4.79 Å². The molecule has 0 aliphatic carbocycles. The van der Waals surface area contributed by atoms with Gasteiger partial charge < -0.3 is 10.6 Å². The SMILES string of the molecule is CNC(=O)C(C)Nc1ncc(I)cn1. The first-order valence-electron chi connectivity index (χ1n) is 4.09. The summed E-state index contributed by atoms with van der Waals surface area (Å²) in [5.74, 6) is 0.369. The van der Waals surface area contributed by atoms with E-state index >= 15 is 0 Å². The Labute approximate surface area is 95.9 Å². The Morgan fingerprint density at radius 2 is 2.07 bits per heavy atom. The van der Waals surface area contributed by atoms with Gasteiger partial charge in [-0.2, -0.15) is 0 Å². The van der Waals surface area contributed by atoms with E-state index in [1.165, 1.54) is 0 Å². The largest absolute Gasteiger partial charge is 0.357 e. The second-order valence-electron chi connectivity index (χ2n) is 2.71. The van der Waals surface area contributed by atoms with Crippen molar-refractivity contribution >= 4 is 34.4 Å². The molecule has 0 saturated carbocycles. The number of amides is 1. The highest BCUT2D eigenvalue weighted by molar-refractivity contribution is 14.1. The average molecular weight is 306 g/mol. The first-order chi connectivity index (χ1) is 6.63. The fourth-order valence-corrected chi connectivity index (χ4v) is 1.14. The number of aromatic nitrogens is 2. The molecule has 6 heteroatoms. The fourth-order valence-electron chi connectivity index (χ4n) is 0.863. The van der Waals surface area contributed by atoms with Crippen molar-refractivity contribution in [1.29, 1.82) is 0 Å². The van der Waals surface area contributed by atoms with E-state index in [-0.39, 0.29) is 11.9 Å². The van der Waals surface area contributed by atoms with E-state index in [4.69, 9.17) is 0 Å². The highest BCUT2D eigenvalue weighted by Gasteiger charge is 2.10. The van der Waals surface area contributed by atoms with Crippen LogP contribution < -0.4 is 10.6 Å². The lowest BCUT2D eigenvalue weighted by molar-refractivity contribution is -0.121. The van der Waals surface area contributed by atoms with Gasteiger partial charge in [0.1, 0.15) is 6.04 Å². The average Bonchev–Trinajstić information content (AvgIpc) is 2.20. The van der Waals surface area contributed by atoms with E-state index in [2.05, 4.69) is 43.2 Å². The molecule has 5 nitrogen and oxygen atoms in total. The molecule has 1 aromatic heterocycles. The Bertz CT molecular complexity index is 314. The summed E-state index contributed by atoms with van der Waals surface area (Å²) in [6.45, 7) is 1.75. The number of carbonyl (C=O) groups excluding carboxylic acids is 1. The molecule has 1 atom stereocenters. The number of halogens is 1. The maximum Gasteiger partial charge on any atom is 0.242 e. The van der Waals surface area contributed by atoms with E-state index in [0.717, 1.165) is 3.57 Å². The zero-order valence-corrected chi connectivity index (χ0v) is 10.1. The third-order valence-corrected chi connectivity index (χ3v) is 2.16. The number of carbonyl (C=O) groups is 1. The van der Waals surface area contributed by atoms with E-state index in [9.17, 15) is 4.79 Å². The van der Waals surface area contributed by atoms with Crippen molar-refractivity contribution in [3.05, 3.63) is 16.0 Å². The number of hydrogen-bond acceptors (Lipinski definition) is 4. The van der Waals surface area contributed by atoms with E-state index in [0.29, 0.717) is 5.95 Å². The normalized spacial score (nSPS) is 11.9. The summed E-state index contributed by atoms with van der Waals surface area (Å²) in [6.07, 6.45) is 3.37. The molecule has 76 valence electrons. The third-order valence-electron chi connectivity index (χ3n) is 1.61. The second kappa shape index (κ2) is 5.08. The van der Waals surface area contributed by atoms with Crippen molar-refractivity contribution in [1.82, 2.24) is 15.3 Å². The monoisotopic (exact) mass is 306 g/mol. The molecule has 0 aliphatic heterocycles. The van der Waals surface area contributed by atoms with Gasteiger partial charge in [0.25, 0.3) is 0 Å². The second-order valence-corrected chi connectivity index (χ2v) is 3.95. The van der Waals surface area contributed by atoms with E-state index in [1.807, 2.05) is 0 Å². The van der Waals surface area contributed by atoms with Crippen LogP contribution >= 0.6 is 22.6 Å². The molecule has 0 fully saturated rings. The summed E-state index contributed by atoms with van der Waals surface area (Å²) in [5, 5.41) is 5.42. The van der Waals surface area contributed by atoms with Crippen LogP contribution in [0, 0.1) is 3.57 Å². The number of anilines is 1. The lowest BCUT2D eigenvalue weighted by Gasteiger charge is -2.11. The number of nitrogens with one attached hydrogen (secondary N) is 2. The van der Waals surface area contributed by atoms with Crippen molar-refractivity contribution in [2.45, 2.75) is 13.0 Å². The zero-order chi connectivity index (χ0) is 10.6. The lowest BCUT2D eigenvalue weighted by Crippen LogP contribution is -2.35. The smallest absolute Gasteiger partial charge is 0.242 e. The van der Waals surface area contributed by atoms with Crippen LogP contribution in [0.1, 0.15) is 6.92 Å². The highest BCUT2D eigenvalue weighted by atomic mass is 127. The van der Waals surface area contributed by atoms with Gasteiger partial charge in [0.15, 0.2) is 0 Å². The van der Waals surface area contributed by atoms with Gasteiger partial charge in [0.2, 0.25) is 11.9 Å². The molecule has 1 unspecified atom stereocenters. The lowest BCUT2D eigenvalue weighted by atomic mass is 10.3. The topological polar surface area (TPSA) is 66.9 Å². The van der Waals surface area contributed by atoms with Crippen LogP contribution in [0.3, 0.4) is 0 Å². The van der Waals surface area contributed by atoms with Crippen molar-refractivity contribution in [3.63, 3.8) is 0 Å². The molecular weight excluding hydrogens is 295 g/mol. The molecule has 0 saturated heterocycles. The maximum absolute atomic E-state index is 11.2. The minimum atomic E-state index is -0.333. The van der Waals surface area contributed by atoms with Crippen LogP contribution in [0.15, 0.2) is 12.4 Å². The summed E-state index contributed by atoms with van der Waals surface area (Å²) >= 11 is 2.12. The van der Waals surface area contributed by atoms with Crippen molar-refractivity contribution in [2.24, 2.45) is 0 Å². The maximum atomic E-state index is 11.2. The molecule has 1 heterocycles. The van der Waals surface area contributed by atoms with Gasteiger partial charge in [-0.15, -0.1) is 0 Å². The van der Waals surface area contributed by atoms with Crippen molar-refractivity contribution in [3.8, 4) is 0 Å². The number of likely N-dealkylation sites (N-methyl/N-ethyl adjacent to an activating group) is 1. The summed E-state index contributed by atoms with van der Waals surface area (Å²) in [4.78, 5) is 19.2. The van der Waals surface area contributed by atoms with Gasteiger partial charge in [-0.25, -0.2) is 9.97 Å². The predicted molar refractivity (Wildman–Crippen MR) is 61.9 cm³/mol. The first-order valence-corrected chi connectivity index (χ1v) is 5.17. The molecule has 1 amide bonds. The summed E-state index contributed by atoms with van der Waals surface area (Å²) in [5.41, 5.74) is 0. The zero-order valence-electron chi connectivity index (χ0n) is 7.91. The molecular formula is C8H11IN4O. The molecule has 0 radical (unpaired) electrons. The van der Waals surface area contributed by atoms with Crippen LogP contribution in [0.2, 0.25) is 0 Å². The fraction of sp³-hybridized carbons (Fsp3) is 0.375. The quantitative estimate of drug-likeness (QED) is 0.804. The first kappa shape index (κ1) is 11.2. The standard InChI is InChI=1S/C8H11IN4O/c1-5(7(14)10-2)13-8-11-3-6(9)4-12-8/h3-5H,1-2H3,(H,10,14)(H,11,12,13). The van der Waals surface area contributed by atoms with Crippen LogP contribution in [-0.4, -0.2) is 29.0 Å². The van der Waals surface area contributed by atoms with E-state index in [1.54, 1.807) is 26.4 Å². The number of hydrogen-bond donors (Lipinski definition) is 2. The summed E-state index contributed by atoms with van der Waals surface area (Å²) in [7, 11) is 1.59. The highest BCUT2D eigenvalue weighted by Crippen LogP contribution is 2.03. The number of rotatable bonds is 3. The van der Waals surface area contributed by atoms with Gasteiger partial charge in [-0.05, 0) is 29.5 Å². The molecule has 0 aromatic carbocycles. The molecule has 0 bridgehead atoms. The Morgan fingerprint density at radius 3 is 2.57 bits per heavy atom. The summed E-state index contributed by atoms with van der Waals surface area (Å²) in [6, 6.07) is -0.333. The predicted octanol–water partition coefficient (Wildman–Crippen LogP) is 0.628. The molecule has 0 spiro atoms. The van der Waals surface area contributed by atoms with Gasteiger partial charge in [-0.1, -0.05) is 0 Å². The molecule has 14 heavy (non-hydrogen) atoms. The minimum Gasteiger partial charge on any atom is -0.357 e. The molecule has 1 rings (SSSR count). The van der Waals surface area contributed by atoms with Crippen LogP contribution in [0.4, 0.5) is 5.95 Å². The Balaban J connectivity index is 2.60. The molecule has 1 aromatic rings. The number of nitrogens with zero attached hydrogens (tertiary/aromatic N) is 2. The van der Waals surface area contributed by atoms with Crippen molar-refractivity contribution in [2.75, 3.05) is 12.4 Å². The van der Waals surface area contributed by atoms with Crippen LogP contribution in [-0.2, 0) is 4.79 Å². The van der Waals surface area contributed by atoms with Crippen LogP contribution in [0.5, 0.6) is 0 Å². The van der Waals surface area contributed by atoms with Gasteiger partial charge in [-0.3, -0.25) is 4.79 Å². The van der Waals surface area contributed by atoms with E-state index < -0.39 is 0 Å². The summed E-state index contributed by atoms with van der Waals surface area (Å²) < 4.78 is 0.959. The van der Waals surface area contributed by atoms with Gasteiger partial charge in [0.05, 0.1) is 0 Å².